The van der Waals surface area contributed by atoms with E-state index in [4.69, 9.17) is 0 Å². The summed E-state index contributed by atoms with van der Waals surface area (Å²) in [4.78, 5) is 0. The van der Waals surface area contributed by atoms with E-state index in [-0.39, 0.29) is 0 Å². The van der Waals surface area contributed by atoms with Crippen LogP contribution in [0.15, 0.2) is 0 Å². The van der Waals surface area contributed by atoms with Gasteiger partial charge in [0.15, 0.2) is 0 Å². The van der Waals surface area contributed by atoms with Gasteiger partial charge in [-0.05, 0) is 24.2 Å². The second kappa shape index (κ2) is 1.96. The smallest absolute Gasteiger partial charge is 0.103 e. The van der Waals surface area contributed by atoms with Crippen molar-refractivity contribution in [2.75, 3.05) is 0 Å². The molecular formula is C8H15F. The largest absolute Gasteiger partial charge is 0.247 e. The van der Waals surface area contributed by atoms with E-state index in [1.165, 1.54) is 0 Å². The minimum atomic E-state index is -0.468. The van der Waals surface area contributed by atoms with Gasteiger partial charge < -0.3 is 0 Å². The summed E-state index contributed by atoms with van der Waals surface area (Å²) in [6.45, 7) is 6.49. The van der Waals surface area contributed by atoms with E-state index in [0.29, 0.717) is 11.3 Å². The monoisotopic (exact) mass is 130 g/mol. The molecule has 0 radical (unpaired) electrons. The third kappa shape index (κ3) is 2.33. The highest BCUT2D eigenvalue weighted by Gasteiger charge is 2.39. The van der Waals surface area contributed by atoms with Gasteiger partial charge in [-0.15, -0.1) is 0 Å². The van der Waals surface area contributed by atoms with Crippen LogP contribution in [0.4, 0.5) is 4.39 Å². The standard InChI is InChI=1S/C8H15F/c1-8(2,3)5-6-4-7(6)9/h6-7H,4-5H2,1-3H3. The minimum absolute atomic E-state index is 0.325. The lowest BCUT2D eigenvalue weighted by molar-refractivity contribution is 0.323. The first-order valence-corrected chi connectivity index (χ1v) is 3.63. The average molecular weight is 130 g/mol. The van der Waals surface area contributed by atoms with E-state index < -0.39 is 6.17 Å². The van der Waals surface area contributed by atoms with Crippen LogP contribution in [0.25, 0.3) is 0 Å². The van der Waals surface area contributed by atoms with Gasteiger partial charge in [0.2, 0.25) is 0 Å². The Morgan fingerprint density at radius 1 is 1.44 bits per heavy atom. The van der Waals surface area contributed by atoms with Gasteiger partial charge in [0, 0.05) is 0 Å². The molecule has 0 N–H and O–H groups in total. The molecule has 2 atom stereocenters. The van der Waals surface area contributed by atoms with Crippen molar-refractivity contribution in [3.05, 3.63) is 0 Å². The normalized spacial score (nSPS) is 34.7. The molecule has 0 bridgehead atoms. The molecule has 1 fully saturated rings. The summed E-state index contributed by atoms with van der Waals surface area (Å²) in [6, 6.07) is 0. The Labute approximate surface area is 56.5 Å². The Hall–Kier alpha value is -0.0700. The van der Waals surface area contributed by atoms with E-state index in [1.807, 2.05) is 0 Å². The van der Waals surface area contributed by atoms with E-state index >= 15 is 0 Å². The maximum atomic E-state index is 12.3. The number of hydrogen-bond acceptors (Lipinski definition) is 0. The zero-order chi connectivity index (χ0) is 7.07. The average Bonchev–Trinajstić information content (AvgIpc) is 2.13. The molecule has 1 saturated carbocycles. The van der Waals surface area contributed by atoms with Crippen molar-refractivity contribution >= 4 is 0 Å². The van der Waals surface area contributed by atoms with Crippen molar-refractivity contribution in [3.63, 3.8) is 0 Å². The summed E-state index contributed by atoms with van der Waals surface area (Å²) in [5.41, 5.74) is 0.325. The molecule has 1 aliphatic rings. The summed E-state index contributed by atoms with van der Waals surface area (Å²) >= 11 is 0. The van der Waals surface area contributed by atoms with Crippen LogP contribution < -0.4 is 0 Å². The van der Waals surface area contributed by atoms with Gasteiger partial charge in [-0.1, -0.05) is 20.8 Å². The Balaban J connectivity index is 2.19. The first-order valence-electron chi connectivity index (χ1n) is 3.63. The van der Waals surface area contributed by atoms with Crippen LogP contribution in [0.1, 0.15) is 33.6 Å². The lowest BCUT2D eigenvalue weighted by Crippen LogP contribution is -2.06. The molecule has 1 rings (SSSR count). The van der Waals surface area contributed by atoms with Gasteiger partial charge in [0.1, 0.15) is 6.17 Å². The third-order valence-electron chi connectivity index (χ3n) is 1.71. The van der Waals surface area contributed by atoms with Crippen molar-refractivity contribution in [1.82, 2.24) is 0 Å². The second-order valence-electron chi connectivity index (χ2n) is 4.28. The van der Waals surface area contributed by atoms with Gasteiger partial charge in [0.25, 0.3) is 0 Å². The highest BCUT2D eigenvalue weighted by molar-refractivity contribution is 4.89. The van der Waals surface area contributed by atoms with Crippen LogP contribution in [-0.2, 0) is 0 Å². The van der Waals surface area contributed by atoms with Gasteiger partial charge in [-0.25, -0.2) is 4.39 Å². The van der Waals surface area contributed by atoms with Crippen molar-refractivity contribution in [2.24, 2.45) is 11.3 Å². The molecule has 0 saturated heterocycles. The molecule has 0 aliphatic heterocycles. The van der Waals surface area contributed by atoms with Crippen molar-refractivity contribution in [1.29, 1.82) is 0 Å². The SMILES string of the molecule is CC(C)(C)CC1CC1F. The lowest BCUT2D eigenvalue weighted by atomic mass is 9.90. The number of hydrogen-bond donors (Lipinski definition) is 0. The van der Waals surface area contributed by atoms with Crippen LogP contribution in [-0.4, -0.2) is 6.17 Å². The molecule has 54 valence electrons. The van der Waals surface area contributed by atoms with E-state index in [2.05, 4.69) is 20.8 Å². The summed E-state index contributed by atoms with van der Waals surface area (Å²) in [5.74, 6) is 0.394. The molecule has 9 heavy (non-hydrogen) atoms. The molecule has 1 heteroatoms. The van der Waals surface area contributed by atoms with E-state index in [1.54, 1.807) is 0 Å². The van der Waals surface area contributed by atoms with Crippen LogP contribution >= 0.6 is 0 Å². The molecule has 0 heterocycles. The fourth-order valence-corrected chi connectivity index (χ4v) is 1.21. The lowest BCUT2D eigenvalue weighted by Gasteiger charge is -2.16. The molecule has 0 nitrogen and oxygen atoms in total. The van der Waals surface area contributed by atoms with Crippen LogP contribution in [0.2, 0.25) is 0 Å². The van der Waals surface area contributed by atoms with Crippen LogP contribution in [0.5, 0.6) is 0 Å². The summed E-state index contributed by atoms with van der Waals surface area (Å²) in [6.07, 6.45) is 1.40. The second-order valence-corrected chi connectivity index (χ2v) is 4.28. The molecule has 2 unspecified atom stereocenters. The Bertz CT molecular complexity index is 102. The molecule has 0 spiro atoms. The Morgan fingerprint density at radius 3 is 2.00 bits per heavy atom. The summed E-state index contributed by atoms with van der Waals surface area (Å²) < 4.78 is 12.3. The Kier molecular flexibility index (Phi) is 1.54. The topological polar surface area (TPSA) is 0 Å². The molecule has 0 amide bonds. The van der Waals surface area contributed by atoms with Crippen LogP contribution in [0.3, 0.4) is 0 Å². The summed E-state index contributed by atoms with van der Waals surface area (Å²) in [7, 11) is 0. The predicted octanol–water partition coefficient (Wildman–Crippen LogP) is 2.78. The van der Waals surface area contributed by atoms with Gasteiger partial charge in [-0.3, -0.25) is 0 Å². The molecule has 0 aromatic carbocycles. The maximum Gasteiger partial charge on any atom is 0.103 e. The Morgan fingerprint density at radius 2 is 1.89 bits per heavy atom. The predicted molar refractivity (Wildman–Crippen MR) is 37.1 cm³/mol. The van der Waals surface area contributed by atoms with Gasteiger partial charge >= 0.3 is 0 Å². The fourth-order valence-electron chi connectivity index (χ4n) is 1.21. The highest BCUT2D eigenvalue weighted by Crippen LogP contribution is 2.42. The maximum absolute atomic E-state index is 12.3. The summed E-state index contributed by atoms with van der Waals surface area (Å²) in [5, 5.41) is 0. The quantitative estimate of drug-likeness (QED) is 0.512. The third-order valence-corrected chi connectivity index (χ3v) is 1.71. The first-order chi connectivity index (χ1) is 3.99. The molecule has 0 aromatic heterocycles. The van der Waals surface area contributed by atoms with Crippen molar-refractivity contribution in [2.45, 2.75) is 39.8 Å². The molecule has 1 aliphatic carbocycles. The van der Waals surface area contributed by atoms with Crippen LogP contribution in [0, 0.1) is 11.3 Å². The number of halogens is 1. The number of rotatable bonds is 1. The first kappa shape index (κ1) is 7.04. The van der Waals surface area contributed by atoms with E-state index in [0.717, 1.165) is 12.8 Å². The minimum Gasteiger partial charge on any atom is -0.247 e. The zero-order valence-corrected chi connectivity index (χ0v) is 6.45. The molecular weight excluding hydrogens is 115 g/mol. The molecule has 0 aromatic rings. The van der Waals surface area contributed by atoms with Gasteiger partial charge in [-0.2, -0.15) is 0 Å². The fraction of sp³-hybridized carbons (Fsp3) is 1.00. The van der Waals surface area contributed by atoms with Crippen molar-refractivity contribution < 1.29 is 4.39 Å². The highest BCUT2D eigenvalue weighted by atomic mass is 19.1. The zero-order valence-electron chi connectivity index (χ0n) is 6.45. The van der Waals surface area contributed by atoms with Gasteiger partial charge in [0.05, 0.1) is 0 Å². The van der Waals surface area contributed by atoms with Crippen molar-refractivity contribution in [3.8, 4) is 0 Å². The van der Waals surface area contributed by atoms with E-state index in [9.17, 15) is 4.39 Å². The number of alkyl halides is 1.